The third-order valence-corrected chi connectivity index (χ3v) is 2.73. The van der Waals surface area contributed by atoms with Crippen LogP contribution < -0.4 is 10.2 Å². The topological polar surface area (TPSA) is 58.1 Å². The molecule has 0 unspecified atom stereocenters. The Morgan fingerprint density at radius 1 is 1.21 bits per heavy atom. The summed E-state index contributed by atoms with van der Waals surface area (Å²) in [5.74, 6) is 0.141. The number of amides is 1. The van der Waals surface area contributed by atoms with Crippen molar-refractivity contribution in [1.82, 2.24) is 9.97 Å². The fraction of sp³-hybridized carbons (Fsp3) is 0.154. The second kappa shape index (κ2) is 5.67. The molecule has 0 saturated heterocycles. The molecule has 1 aromatic heterocycles. The normalized spacial score (nSPS) is 10.1. The number of anilines is 2. The first kappa shape index (κ1) is 13.3. The third-order valence-electron chi connectivity index (χ3n) is 2.52. The molecule has 0 aliphatic carbocycles. The van der Waals surface area contributed by atoms with Crippen molar-refractivity contribution in [3.63, 3.8) is 0 Å². The van der Waals surface area contributed by atoms with Crippen LogP contribution in [0, 0.1) is 0 Å². The number of aromatic nitrogens is 2. The first-order chi connectivity index (χ1) is 9.06. The second-order valence-corrected chi connectivity index (χ2v) is 4.51. The fourth-order valence-corrected chi connectivity index (χ4v) is 1.65. The van der Waals surface area contributed by atoms with Gasteiger partial charge in [0, 0.05) is 31.4 Å². The van der Waals surface area contributed by atoms with E-state index in [0.717, 1.165) is 5.69 Å². The predicted molar refractivity (Wildman–Crippen MR) is 75.8 cm³/mol. The lowest BCUT2D eigenvalue weighted by Gasteiger charge is -2.12. The van der Waals surface area contributed by atoms with Gasteiger partial charge in [-0.2, -0.15) is 0 Å². The Labute approximate surface area is 116 Å². The van der Waals surface area contributed by atoms with Gasteiger partial charge in [0.2, 0.25) is 0 Å². The maximum atomic E-state index is 12.0. The number of nitrogens with zero attached hydrogens (tertiary/aromatic N) is 3. The van der Waals surface area contributed by atoms with Crippen LogP contribution in [0.2, 0.25) is 5.15 Å². The van der Waals surface area contributed by atoms with Crippen LogP contribution in [0.1, 0.15) is 10.4 Å². The molecule has 0 aliphatic rings. The van der Waals surface area contributed by atoms with Gasteiger partial charge in [0.05, 0.1) is 0 Å². The molecule has 0 bridgehead atoms. The van der Waals surface area contributed by atoms with E-state index in [0.29, 0.717) is 11.4 Å². The van der Waals surface area contributed by atoms with Gasteiger partial charge in [0.25, 0.3) is 5.91 Å². The maximum Gasteiger partial charge on any atom is 0.256 e. The number of hydrogen-bond donors (Lipinski definition) is 1. The second-order valence-electron chi connectivity index (χ2n) is 4.12. The lowest BCUT2D eigenvalue weighted by molar-refractivity contribution is 0.102. The monoisotopic (exact) mass is 276 g/mol. The Bertz CT molecular complexity index is 583. The summed E-state index contributed by atoms with van der Waals surface area (Å²) in [6.45, 7) is 0. The SMILES string of the molecule is CN(C)c1ccc(C(=O)Nc2cc(Cl)ncn2)cc1. The molecule has 1 N–H and O–H groups in total. The van der Waals surface area contributed by atoms with Crippen molar-refractivity contribution in [3.8, 4) is 0 Å². The summed E-state index contributed by atoms with van der Waals surface area (Å²) >= 11 is 5.72. The Hall–Kier alpha value is -2.14. The van der Waals surface area contributed by atoms with Gasteiger partial charge in [-0.15, -0.1) is 0 Å². The minimum absolute atomic E-state index is 0.236. The summed E-state index contributed by atoms with van der Waals surface area (Å²) in [6, 6.07) is 8.76. The molecular weight excluding hydrogens is 264 g/mol. The average molecular weight is 277 g/mol. The summed E-state index contributed by atoms with van der Waals surface area (Å²) in [5, 5.41) is 2.95. The van der Waals surface area contributed by atoms with Gasteiger partial charge in [-0.3, -0.25) is 4.79 Å². The van der Waals surface area contributed by atoms with Gasteiger partial charge >= 0.3 is 0 Å². The Balaban J connectivity index is 2.11. The highest BCUT2D eigenvalue weighted by molar-refractivity contribution is 6.29. The molecule has 0 aliphatic heterocycles. The summed E-state index contributed by atoms with van der Waals surface area (Å²) in [4.78, 5) is 21.6. The van der Waals surface area contributed by atoms with Crippen molar-refractivity contribution in [2.24, 2.45) is 0 Å². The van der Waals surface area contributed by atoms with Gasteiger partial charge in [-0.25, -0.2) is 9.97 Å². The summed E-state index contributed by atoms with van der Waals surface area (Å²) in [7, 11) is 3.88. The van der Waals surface area contributed by atoms with Crippen molar-refractivity contribution in [1.29, 1.82) is 0 Å². The molecular formula is C13H13ClN4O. The van der Waals surface area contributed by atoms with E-state index in [4.69, 9.17) is 11.6 Å². The Kier molecular flexibility index (Phi) is 3.97. The van der Waals surface area contributed by atoms with Crippen LogP contribution in [-0.2, 0) is 0 Å². The van der Waals surface area contributed by atoms with Crippen molar-refractivity contribution in [3.05, 3.63) is 47.4 Å². The van der Waals surface area contributed by atoms with E-state index in [9.17, 15) is 4.79 Å². The van der Waals surface area contributed by atoms with Gasteiger partial charge in [-0.05, 0) is 24.3 Å². The average Bonchev–Trinajstić information content (AvgIpc) is 2.39. The standard InChI is InChI=1S/C13H13ClN4O/c1-18(2)10-5-3-9(4-6-10)13(19)17-12-7-11(14)15-8-16-12/h3-8H,1-2H3,(H,15,16,17,19). The molecule has 1 amide bonds. The highest BCUT2D eigenvalue weighted by Crippen LogP contribution is 2.14. The lowest BCUT2D eigenvalue weighted by Crippen LogP contribution is -2.14. The van der Waals surface area contributed by atoms with Crippen LogP contribution in [0.5, 0.6) is 0 Å². The van der Waals surface area contributed by atoms with E-state index >= 15 is 0 Å². The van der Waals surface area contributed by atoms with Crippen LogP contribution in [0.4, 0.5) is 11.5 Å². The molecule has 98 valence electrons. The van der Waals surface area contributed by atoms with Crippen LogP contribution >= 0.6 is 11.6 Å². The zero-order valence-electron chi connectivity index (χ0n) is 10.6. The van der Waals surface area contributed by atoms with Gasteiger partial charge < -0.3 is 10.2 Å². The zero-order valence-corrected chi connectivity index (χ0v) is 11.3. The van der Waals surface area contributed by atoms with Crippen molar-refractivity contribution in [2.75, 3.05) is 24.3 Å². The quantitative estimate of drug-likeness (QED) is 0.875. The maximum absolute atomic E-state index is 12.0. The largest absolute Gasteiger partial charge is 0.378 e. The molecule has 1 aromatic carbocycles. The number of benzene rings is 1. The summed E-state index contributed by atoms with van der Waals surface area (Å²) in [6.07, 6.45) is 1.30. The van der Waals surface area contributed by atoms with E-state index in [1.54, 1.807) is 12.1 Å². The van der Waals surface area contributed by atoms with Crippen LogP contribution in [0.3, 0.4) is 0 Å². The van der Waals surface area contributed by atoms with Crippen LogP contribution in [0.25, 0.3) is 0 Å². The molecule has 5 nitrogen and oxygen atoms in total. The number of rotatable bonds is 3. The van der Waals surface area contributed by atoms with E-state index in [1.807, 2.05) is 31.1 Å². The predicted octanol–water partition coefficient (Wildman–Crippen LogP) is 2.45. The molecule has 0 fully saturated rings. The number of carbonyl (C=O) groups excluding carboxylic acids is 1. The number of nitrogens with one attached hydrogen (secondary N) is 1. The summed E-state index contributed by atoms with van der Waals surface area (Å²) < 4.78 is 0. The smallest absolute Gasteiger partial charge is 0.256 e. The molecule has 0 saturated carbocycles. The molecule has 0 radical (unpaired) electrons. The molecule has 2 rings (SSSR count). The van der Waals surface area contributed by atoms with Gasteiger partial charge in [-0.1, -0.05) is 11.6 Å². The molecule has 1 heterocycles. The first-order valence-electron chi connectivity index (χ1n) is 5.62. The van der Waals surface area contributed by atoms with E-state index in [-0.39, 0.29) is 11.1 Å². The Morgan fingerprint density at radius 3 is 2.47 bits per heavy atom. The van der Waals surface area contributed by atoms with Crippen molar-refractivity contribution < 1.29 is 4.79 Å². The molecule has 0 atom stereocenters. The third kappa shape index (κ3) is 3.42. The van der Waals surface area contributed by atoms with Crippen molar-refractivity contribution in [2.45, 2.75) is 0 Å². The molecule has 19 heavy (non-hydrogen) atoms. The van der Waals surface area contributed by atoms with Gasteiger partial charge in [0.15, 0.2) is 0 Å². The van der Waals surface area contributed by atoms with E-state index in [1.165, 1.54) is 12.4 Å². The fourth-order valence-electron chi connectivity index (χ4n) is 1.50. The van der Waals surface area contributed by atoms with Crippen LogP contribution in [0.15, 0.2) is 36.7 Å². The zero-order chi connectivity index (χ0) is 13.8. The number of hydrogen-bond acceptors (Lipinski definition) is 4. The molecule has 6 heteroatoms. The lowest BCUT2D eigenvalue weighted by atomic mass is 10.2. The molecule has 0 spiro atoms. The number of carbonyl (C=O) groups is 1. The highest BCUT2D eigenvalue weighted by Gasteiger charge is 2.07. The molecule has 2 aromatic rings. The minimum Gasteiger partial charge on any atom is -0.378 e. The van der Waals surface area contributed by atoms with E-state index < -0.39 is 0 Å². The van der Waals surface area contributed by atoms with Crippen molar-refractivity contribution >= 4 is 29.0 Å². The van der Waals surface area contributed by atoms with Gasteiger partial charge in [0.1, 0.15) is 17.3 Å². The summed E-state index contributed by atoms with van der Waals surface area (Å²) in [5.41, 5.74) is 1.59. The highest BCUT2D eigenvalue weighted by atomic mass is 35.5. The first-order valence-corrected chi connectivity index (χ1v) is 6.00. The minimum atomic E-state index is -0.236. The number of halogens is 1. The van der Waals surface area contributed by atoms with E-state index in [2.05, 4.69) is 15.3 Å². The Morgan fingerprint density at radius 2 is 1.89 bits per heavy atom. The van der Waals surface area contributed by atoms with Crippen LogP contribution in [-0.4, -0.2) is 30.0 Å².